The van der Waals surface area contributed by atoms with Crippen LogP contribution in [-0.2, 0) is 0 Å². The number of piperidine rings is 1. The van der Waals surface area contributed by atoms with Crippen LogP contribution in [-0.4, -0.2) is 13.1 Å². The minimum Gasteiger partial charge on any atom is -0.316 e. The lowest BCUT2D eigenvalue weighted by molar-refractivity contribution is 0.289. The van der Waals surface area contributed by atoms with Gasteiger partial charge in [0.1, 0.15) is 0 Å². The summed E-state index contributed by atoms with van der Waals surface area (Å²) in [5.74, 6) is 3.68. The molecular weight excluding hydrogens is 170 g/mol. The molecule has 0 aromatic rings. The fourth-order valence-electron chi connectivity index (χ4n) is 3.13. The van der Waals surface area contributed by atoms with Crippen molar-refractivity contribution in [3.63, 3.8) is 0 Å². The molecule has 1 heterocycles. The van der Waals surface area contributed by atoms with E-state index in [9.17, 15) is 0 Å². The number of hydrogen-bond donors (Lipinski definition) is 1. The molecule has 1 saturated heterocycles. The Bertz CT molecular complexity index is 137. The molecule has 1 N–H and O–H groups in total. The zero-order chi connectivity index (χ0) is 9.80. The predicted molar refractivity (Wildman–Crippen MR) is 61.1 cm³/mol. The molecule has 2 fully saturated rings. The first kappa shape index (κ1) is 10.5. The summed E-state index contributed by atoms with van der Waals surface area (Å²) in [6.07, 6.45) is 10.2. The summed E-state index contributed by atoms with van der Waals surface area (Å²) in [7, 11) is 0. The molecule has 1 saturated carbocycles. The average Bonchev–Trinajstić information content (AvgIpc) is 2.30. The molecule has 1 heteroatoms. The maximum Gasteiger partial charge on any atom is -0.00150 e. The Morgan fingerprint density at radius 2 is 1.64 bits per heavy atom. The van der Waals surface area contributed by atoms with E-state index >= 15 is 0 Å². The monoisotopic (exact) mass is 194 g/mol. The second-order valence-electron chi connectivity index (χ2n) is 5.12. The summed E-state index contributed by atoms with van der Waals surface area (Å²) in [5.41, 5.74) is 0. The first-order valence-corrected chi connectivity index (χ1v) is 6.42. The molecular formula is C13H24N. The summed E-state index contributed by atoms with van der Waals surface area (Å²) in [6.45, 7) is 4.92. The second kappa shape index (κ2) is 5.16. The van der Waals surface area contributed by atoms with E-state index in [1.54, 1.807) is 0 Å². The summed E-state index contributed by atoms with van der Waals surface area (Å²) in [5, 5.41) is 3.53. The van der Waals surface area contributed by atoms with Gasteiger partial charge in [0.05, 0.1) is 0 Å². The van der Waals surface area contributed by atoms with Gasteiger partial charge in [-0.1, -0.05) is 26.2 Å². The summed E-state index contributed by atoms with van der Waals surface area (Å²) in [6, 6.07) is 0. The van der Waals surface area contributed by atoms with Gasteiger partial charge in [0, 0.05) is 0 Å². The normalized spacial score (nSPS) is 30.9. The Morgan fingerprint density at radius 1 is 0.929 bits per heavy atom. The zero-order valence-electron chi connectivity index (χ0n) is 9.52. The third-order valence-electron chi connectivity index (χ3n) is 4.19. The Kier molecular flexibility index (Phi) is 3.86. The molecule has 1 radical (unpaired) electrons. The van der Waals surface area contributed by atoms with E-state index in [1.807, 2.05) is 5.92 Å². The van der Waals surface area contributed by atoms with Crippen LogP contribution in [0.3, 0.4) is 0 Å². The maximum atomic E-state index is 3.53. The number of rotatable bonds is 2. The standard InChI is InChI=1S/C13H24N/c1-11(12-6-3-2-4-7-12)13-8-5-9-14-10-13/h12-14H,2-10H2,1H3. The van der Waals surface area contributed by atoms with Crippen LogP contribution in [0.1, 0.15) is 51.9 Å². The lowest BCUT2D eigenvalue weighted by Crippen LogP contribution is -2.35. The minimum atomic E-state index is 0.895. The zero-order valence-corrected chi connectivity index (χ0v) is 9.52. The molecule has 0 aromatic heterocycles. The van der Waals surface area contributed by atoms with Gasteiger partial charge >= 0.3 is 0 Å². The molecule has 14 heavy (non-hydrogen) atoms. The van der Waals surface area contributed by atoms with E-state index in [1.165, 1.54) is 58.0 Å². The van der Waals surface area contributed by atoms with Gasteiger partial charge in [-0.3, -0.25) is 0 Å². The van der Waals surface area contributed by atoms with Crippen LogP contribution in [0.25, 0.3) is 0 Å². The largest absolute Gasteiger partial charge is 0.316 e. The van der Waals surface area contributed by atoms with Crippen molar-refractivity contribution in [2.45, 2.75) is 51.9 Å². The van der Waals surface area contributed by atoms with Gasteiger partial charge in [-0.25, -0.2) is 0 Å². The van der Waals surface area contributed by atoms with Crippen molar-refractivity contribution in [3.8, 4) is 0 Å². The lowest BCUT2D eigenvalue weighted by Gasteiger charge is -2.35. The Labute approximate surface area is 88.7 Å². The van der Waals surface area contributed by atoms with Crippen LogP contribution in [0.4, 0.5) is 0 Å². The molecule has 1 nitrogen and oxygen atoms in total. The first-order valence-electron chi connectivity index (χ1n) is 6.42. The van der Waals surface area contributed by atoms with E-state index < -0.39 is 0 Å². The number of nitrogens with one attached hydrogen (secondary N) is 1. The highest BCUT2D eigenvalue weighted by atomic mass is 14.9. The minimum absolute atomic E-state index is 0.895. The topological polar surface area (TPSA) is 12.0 Å². The van der Waals surface area contributed by atoms with Gasteiger partial charge in [-0.15, -0.1) is 0 Å². The highest BCUT2D eigenvalue weighted by Gasteiger charge is 2.28. The summed E-state index contributed by atoms with van der Waals surface area (Å²) in [4.78, 5) is 0. The molecule has 2 aliphatic rings. The predicted octanol–water partition coefficient (Wildman–Crippen LogP) is 3.16. The fourth-order valence-corrected chi connectivity index (χ4v) is 3.13. The molecule has 0 aromatic carbocycles. The van der Waals surface area contributed by atoms with Crippen LogP contribution in [0.5, 0.6) is 0 Å². The van der Waals surface area contributed by atoms with Gasteiger partial charge in [0.15, 0.2) is 0 Å². The van der Waals surface area contributed by atoms with Crippen LogP contribution in [0.2, 0.25) is 0 Å². The van der Waals surface area contributed by atoms with Crippen molar-refractivity contribution in [2.24, 2.45) is 11.8 Å². The molecule has 2 rings (SSSR count). The van der Waals surface area contributed by atoms with Crippen molar-refractivity contribution in [3.05, 3.63) is 5.92 Å². The van der Waals surface area contributed by atoms with E-state index in [0.29, 0.717) is 0 Å². The van der Waals surface area contributed by atoms with Gasteiger partial charge in [0.2, 0.25) is 0 Å². The smallest absolute Gasteiger partial charge is 0.00150 e. The average molecular weight is 194 g/mol. The van der Waals surface area contributed by atoms with E-state index in [0.717, 1.165) is 11.8 Å². The summed E-state index contributed by atoms with van der Waals surface area (Å²) >= 11 is 0. The summed E-state index contributed by atoms with van der Waals surface area (Å²) < 4.78 is 0. The van der Waals surface area contributed by atoms with Crippen LogP contribution in [0, 0.1) is 17.8 Å². The molecule has 1 atom stereocenters. The number of hydrogen-bond acceptors (Lipinski definition) is 1. The van der Waals surface area contributed by atoms with Gasteiger partial charge in [-0.05, 0) is 56.5 Å². The lowest BCUT2D eigenvalue weighted by atomic mass is 9.73. The Balaban J connectivity index is 1.82. The van der Waals surface area contributed by atoms with E-state index in [-0.39, 0.29) is 0 Å². The van der Waals surface area contributed by atoms with Crippen molar-refractivity contribution in [2.75, 3.05) is 13.1 Å². The molecule has 1 aliphatic heterocycles. The van der Waals surface area contributed by atoms with E-state index in [4.69, 9.17) is 0 Å². The van der Waals surface area contributed by atoms with Gasteiger partial charge in [-0.2, -0.15) is 0 Å². The third-order valence-corrected chi connectivity index (χ3v) is 4.19. The molecule has 0 amide bonds. The molecule has 0 spiro atoms. The highest BCUT2D eigenvalue weighted by molar-refractivity contribution is 5.00. The van der Waals surface area contributed by atoms with Crippen molar-refractivity contribution in [1.82, 2.24) is 5.32 Å². The highest BCUT2D eigenvalue weighted by Crippen LogP contribution is 2.37. The fraction of sp³-hybridized carbons (Fsp3) is 0.923. The molecule has 1 aliphatic carbocycles. The van der Waals surface area contributed by atoms with Crippen LogP contribution < -0.4 is 5.32 Å². The first-order chi connectivity index (χ1) is 6.88. The van der Waals surface area contributed by atoms with Crippen LogP contribution >= 0.6 is 0 Å². The molecule has 81 valence electrons. The molecule has 0 bridgehead atoms. The maximum absolute atomic E-state index is 3.53. The third kappa shape index (κ3) is 2.50. The molecule has 1 unspecified atom stereocenters. The second-order valence-corrected chi connectivity index (χ2v) is 5.12. The Morgan fingerprint density at radius 3 is 2.29 bits per heavy atom. The van der Waals surface area contributed by atoms with Crippen LogP contribution in [0.15, 0.2) is 0 Å². The van der Waals surface area contributed by atoms with Crippen molar-refractivity contribution < 1.29 is 0 Å². The van der Waals surface area contributed by atoms with Gasteiger partial charge < -0.3 is 5.32 Å². The van der Waals surface area contributed by atoms with E-state index in [2.05, 4.69) is 12.2 Å². The Hall–Kier alpha value is -0.0400. The quantitative estimate of drug-likeness (QED) is 0.712. The van der Waals surface area contributed by atoms with Gasteiger partial charge in [0.25, 0.3) is 0 Å². The SMILES string of the molecule is C[C](C1CCCCC1)C1CCCNC1. The van der Waals surface area contributed by atoms with Crippen molar-refractivity contribution in [1.29, 1.82) is 0 Å². The van der Waals surface area contributed by atoms with Crippen molar-refractivity contribution >= 4 is 0 Å².